The van der Waals surface area contributed by atoms with Crippen molar-refractivity contribution in [3.8, 4) is 0 Å². The van der Waals surface area contributed by atoms with Crippen molar-refractivity contribution in [2.24, 2.45) is 0 Å². The fourth-order valence-corrected chi connectivity index (χ4v) is 2.86. The van der Waals surface area contributed by atoms with Crippen LogP contribution in [-0.4, -0.2) is 44.2 Å². The molecule has 5 heteroatoms. The van der Waals surface area contributed by atoms with E-state index in [-0.39, 0.29) is 5.91 Å². The number of methoxy groups -OCH3 is 1. The second-order valence-electron chi connectivity index (χ2n) is 5.55. The summed E-state index contributed by atoms with van der Waals surface area (Å²) in [5, 5.41) is 7.15. The molecule has 1 aromatic heterocycles. The Morgan fingerprint density at radius 1 is 1.45 bits per heavy atom. The third-order valence-corrected chi connectivity index (χ3v) is 4.05. The monoisotopic (exact) mass is 299 g/mol. The predicted octanol–water partition coefficient (Wildman–Crippen LogP) is 1.69. The van der Waals surface area contributed by atoms with Gasteiger partial charge >= 0.3 is 0 Å². The number of carbonyl (C=O) groups excluding carboxylic acids is 1. The summed E-state index contributed by atoms with van der Waals surface area (Å²) >= 11 is 0. The highest BCUT2D eigenvalue weighted by Crippen LogP contribution is 2.26. The van der Waals surface area contributed by atoms with Crippen LogP contribution in [0.1, 0.15) is 28.4 Å². The third kappa shape index (κ3) is 3.10. The van der Waals surface area contributed by atoms with Crippen LogP contribution in [0.4, 0.5) is 0 Å². The molecule has 0 radical (unpaired) electrons. The minimum absolute atomic E-state index is 0.0668. The van der Waals surface area contributed by atoms with Crippen molar-refractivity contribution >= 4 is 16.8 Å². The highest BCUT2D eigenvalue weighted by atomic mass is 16.5. The fraction of sp³-hybridized carbons (Fsp3) is 0.412. The summed E-state index contributed by atoms with van der Waals surface area (Å²) in [6.07, 6.45) is 1.07. The van der Waals surface area contributed by atoms with Crippen LogP contribution in [0.2, 0.25) is 0 Å². The molecule has 2 aromatic rings. The molecule has 22 heavy (non-hydrogen) atoms. The number of hydrogen-bond acceptors (Lipinski definition) is 4. The summed E-state index contributed by atoms with van der Waals surface area (Å²) in [5.74, 6) is 0.318. The number of ether oxygens (including phenoxy) is 1. The van der Waals surface area contributed by atoms with Crippen LogP contribution < -0.4 is 10.6 Å². The summed E-state index contributed by atoms with van der Waals surface area (Å²) in [4.78, 5) is 17.2. The zero-order valence-corrected chi connectivity index (χ0v) is 12.8. The normalized spacial score (nSPS) is 17.8. The second kappa shape index (κ2) is 6.85. The maximum atomic E-state index is 12.5. The number of nitrogens with one attached hydrogen (secondary N) is 2. The third-order valence-electron chi connectivity index (χ3n) is 4.05. The highest BCUT2D eigenvalue weighted by molar-refractivity contribution is 6.06. The quantitative estimate of drug-likeness (QED) is 0.825. The molecule has 116 valence electrons. The predicted molar refractivity (Wildman–Crippen MR) is 86.2 cm³/mol. The molecule has 0 aliphatic carbocycles. The Morgan fingerprint density at radius 3 is 3.09 bits per heavy atom. The van der Waals surface area contributed by atoms with Gasteiger partial charge < -0.3 is 15.4 Å². The lowest BCUT2D eigenvalue weighted by molar-refractivity contribution is 0.0938. The van der Waals surface area contributed by atoms with Crippen molar-refractivity contribution in [1.29, 1.82) is 0 Å². The first kappa shape index (κ1) is 14.9. The number of nitrogens with zero attached hydrogens (tertiary/aromatic N) is 1. The Balaban J connectivity index is 1.96. The summed E-state index contributed by atoms with van der Waals surface area (Å²) in [5.41, 5.74) is 2.58. The molecule has 0 spiro atoms. The van der Waals surface area contributed by atoms with E-state index < -0.39 is 0 Å². The summed E-state index contributed by atoms with van der Waals surface area (Å²) in [7, 11) is 1.62. The Bertz CT molecular complexity index is 666. The maximum Gasteiger partial charge on any atom is 0.252 e. The van der Waals surface area contributed by atoms with Gasteiger partial charge in [0, 0.05) is 37.2 Å². The molecule has 5 nitrogen and oxygen atoms in total. The molecular weight excluding hydrogens is 278 g/mol. The number of pyridine rings is 1. The number of hydrogen-bond donors (Lipinski definition) is 2. The van der Waals surface area contributed by atoms with Gasteiger partial charge in [-0.15, -0.1) is 0 Å². The van der Waals surface area contributed by atoms with E-state index in [9.17, 15) is 4.79 Å². The van der Waals surface area contributed by atoms with Gasteiger partial charge in [0.25, 0.3) is 5.91 Å². The smallest absolute Gasteiger partial charge is 0.252 e. The van der Waals surface area contributed by atoms with Gasteiger partial charge in [-0.2, -0.15) is 0 Å². The highest BCUT2D eigenvalue weighted by Gasteiger charge is 2.21. The van der Waals surface area contributed by atoms with Gasteiger partial charge in [-0.3, -0.25) is 9.78 Å². The van der Waals surface area contributed by atoms with Crippen LogP contribution in [0.15, 0.2) is 30.3 Å². The molecule has 1 amide bonds. The van der Waals surface area contributed by atoms with Gasteiger partial charge in [-0.05, 0) is 25.1 Å². The summed E-state index contributed by atoms with van der Waals surface area (Å²) in [6.45, 7) is 2.95. The Kier molecular flexibility index (Phi) is 4.65. The largest absolute Gasteiger partial charge is 0.383 e. The molecule has 2 heterocycles. The molecular formula is C17H21N3O2. The number of carbonyl (C=O) groups is 1. The van der Waals surface area contributed by atoms with E-state index in [4.69, 9.17) is 9.72 Å². The molecule has 0 unspecified atom stereocenters. The van der Waals surface area contributed by atoms with Gasteiger partial charge in [-0.1, -0.05) is 18.2 Å². The molecule has 0 bridgehead atoms. The maximum absolute atomic E-state index is 12.5. The molecule has 1 saturated heterocycles. The van der Waals surface area contributed by atoms with Crippen molar-refractivity contribution in [2.75, 3.05) is 33.4 Å². The van der Waals surface area contributed by atoms with Gasteiger partial charge in [0.2, 0.25) is 0 Å². The minimum Gasteiger partial charge on any atom is -0.383 e. The Labute approximate surface area is 130 Å². The number of fused-ring (bicyclic) bond motifs is 1. The SMILES string of the molecule is COCCNC(=O)c1cc([C@@H]2CCNC2)nc2ccccc12. The molecule has 1 aliphatic rings. The van der Waals surface area contributed by atoms with Gasteiger partial charge in [0.15, 0.2) is 0 Å². The average Bonchev–Trinajstić information content (AvgIpc) is 3.08. The number of para-hydroxylation sites is 1. The molecule has 1 fully saturated rings. The van der Waals surface area contributed by atoms with Gasteiger partial charge in [-0.25, -0.2) is 0 Å². The number of rotatable bonds is 5. The average molecular weight is 299 g/mol. The van der Waals surface area contributed by atoms with E-state index in [0.29, 0.717) is 24.6 Å². The topological polar surface area (TPSA) is 63.2 Å². The van der Waals surface area contributed by atoms with Crippen LogP contribution in [0.3, 0.4) is 0 Å². The van der Waals surface area contributed by atoms with Crippen LogP contribution in [0.5, 0.6) is 0 Å². The van der Waals surface area contributed by atoms with E-state index in [1.807, 2.05) is 30.3 Å². The van der Waals surface area contributed by atoms with Crippen molar-refractivity contribution in [2.45, 2.75) is 12.3 Å². The van der Waals surface area contributed by atoms with E-state index in [1.165, 1.54) is 0 Å². The Hall–Kier alpha value is -1.98. The molecule has 2 N–H and O–H groups in total. The van der Waals surface area contributed by atoms with E-state index in [2.05, 4.69) is 10.6 Å². The molecule has 0 saturated carbocycles. The summed E-state index contributed by atoms with van der Waals surface area (Å²) < 4.78 is 4.99. The standard InChI is InChI=1S/C17H21N3O2/c1-22-9-8-19-17(21)14-10-16(12-6-7-18-11-12)20-15-5-3-2-4-13(14)15/h2-5,10,12,18H,6-9,11H2,1H3,(H,19,21)/t12-/m1/s1. The van der Waals surface area contributed by atoms with Crippen molar-refractivity contribution < 1.29 is 9.53 Å². The zero-order valence-electron chi connectivity index (χ0n) is 12.8. The van der Waals surface area contributed by atoms with Crippen molar-refractivity contribution in [3.05, 3.63) is 41.6 Å². The van der Waals surface area contributed by atoms with E-state index in [1.54, 1.807) is 7.11 Å². The number of amides is 1. The number of aromatic nitrogens is 1. The first-order chi connectivity index (χ1) is 10.8. The lowest BCUT2D eigenvalue weighted by Crippen LogP contribution is -2.27. The fourth-order valence-electron chi connectivity index (χ4n) is 2.86. The van der Waals surface area contributed by atoms with E-state index in [0.717, 1.165) is 36.1 Å². The van der Waals surface area contributed by atoms with Crippen LogP contribution >= 0.6 is 0 Å². The van der Waals surface area contributed by atoms with Crippen LogP contribution in [0.25, 0.3) is 10.9 Å². The lowest BCUT2D eigenvalue weighted by atomic mass is 9.99. The van der Waals surface area contributed by atoms with Crippen molar-refractivity contribution in [1.82, 2.24) is 15.6 Å². The van der Waals surface area contributed by atoms with Crippen LogP contribution in [0, 0.1) is 0 Å². The van der Waals surface area contributed by atoms with Crippen LogP contribution in [-0.2, 0) is 4.74 Å². The molecule has 1 aliphatic heterocycles. The number of benzene rings is 1. The molecule has 1 aromatic carbocycles. The first-order valence-electron chi connectivity index (χ1n) is 7.67. The first-order valence-corrected chi connectivity index (χ1v) is 7.67. The lowest BCUT2D eigenvalue weighted by Gasteiger charge is -2.13. The Morgan fingerprint density at radius 2 is 2.32 bits per heavy atom. The molecule has 1 atom stereocenters. The minimum atomic E-state index is -0.0668. The van der Waals surface area contributed by atoms with Crippen molar-refractivity contribution in [3.63, 3.8) is 0 Å². The van der Waals surface area contributed by atoms with Gasteiger partial charge in [0.05, 0.1) is 17.7 Å². The van der Waals surface area contributed by atoms with Gasteiger partial charge in [0.1, 0.15) is 0 Å². The summed E-state index contributed by atoms with van der Waals surface area (Å²) in [6, 6.07) is 9.75. The second-order valence-corrected chi connectivity index (χ2v) is 5.55. The zero-order chi connectivity index (χ0) is 15.4. The van der Waals surface area contributed by atoms with E-state index >= 15 is 0 Å². The molecule has 3 rings (SSSR count).